The Bertz CT molecular complexity index is 253. The summed E-state index contributed by atoms with van der Waals surface area (Å²) >= 11 is 0. The van der Waals surface area contributed by atoms with Crippen molar-refractivity contribution in [3.63, 3.8) is 0 Å². The second kappa shape index (κ2) is 5.89. The van der Waals surface area contributed by atoms with Crippen LogP contribution in [0.4, 0.5) is 0 Å². The maximum Gasteiger partial charge on any atom is 0.0771 e. The third-order valence-corrected chi connectivity index (χ3v) is 5.06. The van der Waals surface area contributed by atoms with E-state index in [9.17, 15) is 10.2 Å². The van der Waals surface area contributed by atoms with Gasteiger partial charge in [-0.3, -0.25) is 0 Å². The van der Waals surface area contributed by atoms with Gasteiger partial charge in [-0.1, -0.05) is 26.2 Å². The third-order valence-electron chi connectivity index (χ3n) is 5.06. The summed E-state index contributed by atoms with van der Waals surface area (Å²) in [6.07, 6.45) is 9.48. The summed E-state index contributed by atoms with van der Waals surface area (Å²) in [5.41, 5.74) is -1.03. The molecule has 18 heavy (non-hydrogen) atoms. The molecule has 0 heterocycles. The summed E-state index contributed by atoms with van der Waals surface area (Å²) in [6, 6.07) is 0. The first kappa shape index (κ1) is 14.3. The summed E-state index contributed by atoms with van der Waals surface area (Å²) in [7, 11) is 0. The Morgan fingerprint density at radius 3 is 1.94 bits per heavy atom. The minimum atomic E-state index is -0.527. The van der Waals surface area contributed by atoms with E-state index in [0.29, 0.717) is 13.1 Å². The molecule has 0 aromatic rings. The van der Waals surface area contributed by atoms with Crippen molar-refractivity contribution in [2.24, 2.45) is 5.92 Å². The monoisotopic (exact) mass is 255 g/mol. The van der Waals surface area contributed by atoms with Gasteiger partial charge < -0.3 is 15.5 Å². The molecular weight excluding hydrogens is 226 g/mol. The van der Waals surface area contributed by atoms with E-state index < -0.39 is 11.2 Å². The molecule has 0 radical (unpaired) electrons. The van der Waals surface area contributed by atoms with Crippen LogP contribution in [0, 0.1) is 5.92 Å². The lowest BCUT2D eigenvalue weighted by atomic mass is 9.78. The molecule has 0 amide bonds. The fourth-order valence-corrected chi connectivity index (χ4v) is 3.54. The molecule has 0 aromatic carbocycles. The van der Waals surface area contributed by atoms with Crippen LogP contribution in [0.15, 0.2) is 0 Å². The van der Waals surface area contributed by atoms with Crippen LogP contribution in [0.5, 0.6) is 0 Å². The molecule has 2 rings (SSSR count). The minimum Gasteiger partial charge on any atom is -0.389 e. The van der Waals surface area contributed by atoms with Crippen molar-refractivity contribution < 1.29 is 10.2 Å². The zero-order valence-corrected chi connectivity index (χ0v) is 11.7. The molecule has 106 valence electrons. The first-order valence-electron chi connectivity index (χ1n) is 7.71. The van der Waals surface area contributed by atoms with Crippen LogP contribution in [0.1, 0.15) is 64.7 Å². The number of nitrogens with one attached hydrogen (secondary N) is 1. The highest BCUT2D eigenvalue weighted by Crippen LogP contribution is 2.33. The van der Waals surface area contributed by atoms with Gasteiger partial charge in [0.15, 0.2) is 0 Å². The maximum absolute atomic E-state index is 10.5. The van der Waals surface area contributed by atoms with Gasteiger partial charge in [-0.2, -0.15) is 0 Å². The van der Waals surface area contributed by atoms with E-state index in [2.05, 4.69) is 12.2 Å². The smallest absolute Gasteiger partial charge is 0.0771 e. The molecule has 2 aliphatic rings. The normalized spacial score (nSPS) is 35.8. The molecule has 0 spiro atoms. The highest BCUT2D eigenvalue weighted by atomic mass is 16.3. The van der Waals surface area contributed by atoms with Gasteiger partial charge in [0, 0.05) is 13.1 Å². The molecule has 3 heteroatoms. The zero-order chi connectivity index (χ0) is 13.1. The van der Waals surface area contributed by atoms with Gasteiger partial charge in [0.2, 0.25) is 0 Å². The standard InChI is InChI=1S/C15H29NO2/c1-2-13-5-9-15(18,10-6-13)12-16-11-14(17)7-3-4-8-14/h13,16-18H,2-12H2,1H3. The SMILES string of the molecule is CCC1CCC(O)(CNCC2(O)CCCC2)CC1. The fraction of sp³-hybridized carbons (Fsp3) is 1.00. The molecule has 2 saturated carbocycles. The maximum atomic E-state index is 10.5. The Kier molecular flexibility index (Phi) is 4.68. The molecule has 3 N–H and O–H groups in total. The summed E-state index contributed by atoms with van der Waals surface area (Å²) in [5.74, 6) is 0.810. The van der Waals surface area contributed by atoms with Crippen molar-refractivity contribution in [2.75, 3.05) is 13.1 Å². The van der Waals surface area contributed by atoms with Gasteiger partial charge in [0.1, 0.15) is 0 Å². The predicted octanol–water partition coefficient (Wildman–Crippen LogP) is 2.21. The summed E-state index contributed by atoms with van der Waals surface area (Å²) in [4.78, 5) is 0. The van der Waals surface area contributed by atoms with Crippen LogP contribution in [0.2, 0.25) is 0 Å². The van der Waals surface area contributed by atoms with E-state index in [-0.39, 0.29) is 0 Å². The van der Waals surface area contributed by atoms with Gasteiger partial charge in [0.25, 0.3) is 0 Å². The largest absolute Gasteiger partial charge is 0.389 e. The molecule has 2 aliphatic carbocycles. The van der Waals surface area contributed by atoms with Gasteiger partial charge >= 0.3 is 0 Å². The van der Waals surface area contributed by atoms with Crippen LogP contribution >= 0.6 is 0 Å². The number of hydrogen-bond acceptors (Lipinski definition) is 3. The minimum absolute atomic E-state index is 0.503. The third kappa shape index (κ3) is 3.69. The molecule has 0 bridgehead atoms. The van der Waals surface area contributed by atoms with Gasteiger partial charge in [0.05, 0.1) is 11.2 Å². The van der Waals surface area contributed by atoms with E-state index in [1.807, 2.05) is 0 Å². The fourth-order valence-electron chi connectivity index (χ4n) is 3.54. The van der Waals surface area contributed by atoms with Crippen molar-refractivity contribution in [1.29, 1.82) is 0 Å². The van der Waals surface area contributed by atoms with Crippen LogP contribution in [0.3, 0.4) is 0 Å². The topological polar surface area (TPSA) is 52.5 Å². The molecule has 0 aliphatic heterocycles. The van der Waals surface area contributed by atoms with E-state index in [1.165, 1.54) is 6.42 Å². The van der Waals surface area contributed by atoms with Crippen LogP contribution in [-0.2, 0) is 0 Å². The Morgan fingerprint density at radius 2 is 1.44 bits per heavy atom. The van der Waals surface area contributed by atoms with Crippen molar-refractivity contribution in [1.82, 2.24) is 5.32 Å². The Morgan fingerprint density at radius 1 is 0.944 bits per heavy atom. The lowest BCUT2D eigenvalue weighted by Crippen LogP contribution is -2.47. The van der Waals surface area contributed by atoms with Crippen molar-refractivity contribution >= 4 is 0 Å². The quantitative estimate of drug-likeness (QED) is 0.706. The van der Waals surface area contributed by atoms with Crippen LogP contribution in [-0.4, -0.2) is 34.5 Å². The lowest BCUT2D eigenvalue weighted by molar-refractivity contribution is -0.0166. The molecule has 0 aromatic heterocycles. The summed E-state index contributed by atoms with van der Waals surface area (Å²) < 4.78 is 0. The molecule has 0 saturated heterocycles. The predicted molar refractivity (Wildman–Crippen MR) is 73.5 cm³/mol. The Hall–Kier alpha value is -0.120. The van der Waals surface area contributed by atoms with E-state index in [4.69, 9.17) is 0 Å². The molecule has 0 atom stereocenters. The van der Waals surface area contributed by atoms with Gasteiger partial charge in [-0.25, -0.2) is 0 Å². The first-order chi connectivity index (χ1) is 8.55. The Balaban J connectivity index is 1.69. The van der Waals surface area contributed by atoms with Crippen molar-refractivity contribution in [3.8, 4) is 0 Å². The van der Waals surface area contributed by atoms with Gasteiger partial charge in [-0.15, -0.1) is 0 Å². The second-order valence-electron chi connectivity index (χ2n) is 6.61. The number of rotatable bonds is 5. The Labute approximate surface area is 111 Å². The van der Waals surface area contributed by atoms with Crippen molar-refractivity contribution in [2.45, 2.75) is 75.9 Å². The number of aliphatic hydroxyl groups is 2. The first-order valence-corrected chi connectivity index (χ1v) is 7.71. The van der Waals surface area contributed by atoms with E-state index >= 15 is 0 Å². The highest BCUT2D eigenvalue weighted by Gasteiger charge is 2.34. The molecule has 3 nitrogen and oxygen atoms in total. The average Bonchev–Trinajstić information content (AvgIpc) is 2.77. The highest BCUT2D eigenvalue weighted by molar-refractivity contribution is 4.90. The zero-order valence-electron chi connectivity index (χ0n) is 11.7. The molecule has 0 unspecified atom stereocenters. The summed E-state index contributed by atoms with van der Waals surface area (Å²) in [5, 5.41) is 24.0. The second-order valence-corrected chi connectivity index (χ2v) is 6.61. The van der Waals surface area contributed by atoms with E-state index in [0.717, 1.165) is 57.3 Å². The van der Waals surface area contributed by atoms with Crippen LogP contribution in [0.25, 0.3) is 0 Å². The number of hydrogen-bond donors (Lipinski definition) is 3. The lowest BCUT2D eigenvalue weighted by Gasteiger charge is -2.36. The molecule has 2 fully saturated rings. The van der Waals surface area contributed by atoms with Crippen molar-refractivity contribution in [3.05, 3.63) is 0 Å². The van der Waals surface area contributed by atoms with Gasteiger partial charge in [-0.05, 0) is 44.4 Å². The van der Waals surface area contributed by atoms with E-state index in [1.54, 1.807) is 0 Å². The summed E-state index contributed by atoms with van der Waals surface area (Å²) in [6.45, 7) is 3.53. The molecular formula is C15H29NO2. The average molecular weight is 255 g/mol. The van der Waals surface area contributed by atoms with Crippen LogP contribution < -0.4 is 5.32 Å².